The smallest absolute Gasteiger partial charge is 0.303 e. The summed E-state index contributed by atoms with van der Waals surface area (Å²) in [4.78, 5) is 24.0. The van der Waals surface area contributed by atoms with Crippen LogP contribution in [-0.4, -0.2) is 35.5 Å². The molecular formula is C12H19NO3. The van der Waals surface area contributed by atoms with Gasteiger partial charge in [0.25, 0.3) is 0 Å². The van der Waals surface area contributed by atoms with Crippen molar-refractivity contribution in [2.45, 2.75) is 32.1 Å². The van der Waals surface area contributed by atoms with Crippen molar-refractivity contribution in [3.63, 3.8) is 0 Å². The van der Waals surface area contributed by atoms with E-state index in [0.717, 1.165) is 24.7 Å². The van der Waals surface area contributed by atoms with Gasteiger partial charge in [-0.25, -0.2) is 0 Å². The Morgan fingerprint density at radius 1 is 1.25 bits per heavy atom. The van der Waals surface area contributed by atoms with Crippen molar-refractivity contribution in [2.75, 3.05) is 13.6 Å². The Hall–Kier alpha value is -1.06. The van der Waals surface area contributed by atoms with Crippen LogP contribution < -0.4 is 0 Å². The number of hydrogen-bond donors (Lipinski definition) is 1. The summed E-state index contributed by atoms with van der Waals surface area (Å²) < 4.78 is 0. The fraction of sp³-hybridized carbons (Fsp3) is 0.833. The molecule has 4 heteroatoms. The second-order valence-electron chi connectivity index (χ2n) is 5.18. The Morgan fingerprint density at radius 3 is 2.44 bits per heavy atom. The molecule has 1 N–H and O–H groups in total. The van der Waals surface area contributed by atoms with Crippen LogP contribution in [-0.2, 0) is 9.59 Å². The molecule has 0 saturated heterocycles. The van der Waals surface area contributed by atoms with E-state index < -0.39 is 5.97 Å². The van der Waals surface area contributed by atoms with E-state index in [1.807, 2.05) is 0 Å². The average molecular weight is 225 g/mol. The molecule has 0 aromatic heterocycles. The lowest BCUT2D eigenvalue weighted by Crippen LogP contribution is -2.33. The molecule has 0 aromatic carbocycles. The summed E-state index contributed by atoms with van der Waals surface area (Å²) in [5, 5.41) is 8.51. The molecule has 2 aliphatic carbocycles. The van der Waals surface area contributed by atoms with Crippen molar-refractivity contribution in [1.29, 1.82) is 0 Å². The van der Waals surface area contributed by atoms with E-state index in [2.05, 4.69) is 0 Å². The number of carbonyl (C=O) groups excluding carboxylic acids is 1. The normalized spacial score (nSPS) is 30.9. The largest absolute Gasteiger partial charge is 0.481 e. The minimum atomic E-state index is -0.789. The topological polar surface area (TPSA) is 57.6 Å². The zero-order chi connectivity index (χ0) is 11.7. The van der Waals surface area contributed by atoms with E-state index in [4.69, 9.17) is 5.11 Å². The first-order valence-corrected chi connectivity index (χ1v) is 6.04. The number of carboxylic acids is 1. The molecule has 2 aliphatic rings. The van der Waals surface area contributed by atoms with Gasteiger partial charge in [0.05, 0.1) is 0 Å². The Bertz CT molecular complexity index is 293. The summed E-state index contributed by atoms with van der Waals surface area (Å²) in [7, 11) is 1.79. The predicted molar refractivity (Wildman–Crippen MR) is 58.8 cm³/mol. The van der Waals surface area contributed by atoms with Gasteiger partial charge < -0.3 is 10.0 Å². The molecule has 0 aromatic rings. The molecule has 2 fully saturated rings. The number of aliphatic carboxylic acids is 1. The van der Waals surface area contributed by atoms with Crippen molar-refractivity contribution in [3.05, 3.63) is 0 Å². The summed E-state index contributed by atoms with van der Waals surface area (Å²) >= 11 is 0. The van der Waals surface area contributed by atoms with Crippen molar-refractivity contribution in [2.24, 2.45) is 17.8 Å². The quantitative estimate of drug-likeness (QED) is 0.768. The zero-order valence-electron chi connectivity index (χ0n) is 9.69. The molecule has 90 valence electrons. The van der Waals surface area contributed by atoms with Gasteiger partial charge in [-0.05, 0) is 37.5 Å². The molecule has 2 atom stereocenters. The lowest BCUT2D eigenvalue weighted by Gasteiger charge is -2.21. The molecular weight excluding hydrogens is 206 g/mol. The molecule has 0 aliphatic heterocycles. The zero-order valence-corrected chi connectivity index (χ0v) is 9.69. The van der Waals surface area contributed by atoms with Gasteiger partial charge in [-0.1, -0.05) is 0 Å². The van der Waals surface area contributed by atoms with Gasteiger partial charge in [0.15, 0.2) is 0 Å². The molecule has 0 heterocycles. The highest BCUT2D eigenvalue weighted by Crippen LogP contribution is 2.54. The minimum absolute atomic E-state index is 0.146. The molecule has 4 nitrogen and oxygen atoms in total. The van der Waals surface area contributed by atoms with Gasteiger partial charge in [-0.3, -0.25) is 9.59 Å². The monoisotopic (exact) mass is 225 g/mol. The lowest BCUT2D eigenvalue weighted by molar-refractivity contribution is -0.138. The van der Waals surface area contributed by atoms with Crippen LogP contribution in [0.15, 0.2) is 0 Å². The average Bonchev–Trinajstić information content (AvgIpc) is 2.84. The number of hydrogen-bond acceptors (Lipinski definition) is 2. The van der Waals surface area contributed by atoms with E-state index in [9.17, 15) is 9.59 Å². The Morgan fingerprint density at radius 2 is 1.88 bits per heavy atom. The van der Waals surface area contributed by atoms with Crippen LogP contribution >= 0.6 is 0 Å². The standard InChI is InChI=1S/C12H19NO3/c1-13(4-2-3-11(14)15)12(16)10-6-8-5-9(8)7-10/h8-10H,2-7H2,1H3,(H,14,15). The number of carbonyl (C=O) groups is 2. The molecule has 2 unspecified atom stereocenters. The van der Waals surface area contributed by atoms with Crippen LogP contribution in [0, 0.1) is 17.8 Å². The maximum absolute atomic E-state index is 12.0. The number of nitrogens with zero attached hydrogens (tertiary/aromatic N) is 1. The molecule has 0 bridgehead atoms. The van der Waals surface area contributed by atoms with Crippen LogP contribution in [0.4, 0.5) is 0 Å². The van der Waals surface area contributed by atoms with Crippen LogP contribution in [0.25, 0.3) is 0 Å². The van der Waals surface area contributed by atoms with Crippen molar-refractivity contribution in [3.8, 4) is 0 Å². The first-order chi connectivity index (χ1) is 7.58. The highest BCUT2D eigenvalue weighted by atomic mass is 16.4. The van der Waals surface area contributed by atoms with Crippen LogP contribution in [0.3, 0.4) is 0 Å². The maximum Gasteiger partial charge on any atom is 0.303 e. The Kier molecular flexibility index (Phi) is 3.17. The third kappa shape index (κ3) is 2.54. The molecule has 0 radical (unpaired) electrons. The lowest BCUT2D eigenvalue weighted by atomic mass is 10.0. The van der Waals surface area contributed by atoms with E-state index in [-0.39, 0.29) is 18.2 Å². The van der Waals surface area contributed by atoms with E-state index >= 15 is 0 Å². The number of fused-ring (bicyclic) bond motifs is 1. The summed E-state index contributed by atoms with van der Waals surface area (Å²) in [6.45, 7) is 0.566. The third-order valence-electron chi connectivity index (χ3n) is 3.85. The van der Waals surface area contributed by atoms with Gasteiger partial charge in [0.1, 0.15) is 0 Å². The van der Waals surface area contributed by atoms with Gasteiger partial charge in [-0.2, -0.15) is 0 Å². The van der Waals surface area contributed by atoms with Crippen LogP contribution in [0.2, 0.25) is 0 Å². The summed E-state index contributed by atoms with van der Waals surface area (Å²) in [5.41, 5.74) is 0. The SMILES string of the molecule is CN(CCCC(=O)O)C(=O)C1CC2CC2C1. The van der Waals surface area contributed by atoms with E-state index in [1.165, 1.54) is 6.42 Å². The van der Waals surface area contributed by atoms with Crippen molar-refractivity contribution >= 4 is 11.9 Å². The number of amides is 1. The fourth-order valence-corrected chi connectivity index (χ4v) is 2.81. The Labute approximate surface area is 95.6 Å². The number of carboxylic acid groups (broad SMARTS) is 1. The van der Waals surface area contributed by atoms with Gasteiger partial charge in [0.2, 0.25) is 5.91 Å². The molecule has 16 heavy (non-hydrogen) atoms. The summed E-state index contributed by atoms with van der Waals surface area (Å²) in [6, 6.07) is 0. The highest BCUT2D eigenvalue weighted by Gasteiger charge is 2.48. The van der Waals surface area contributed by atoms with Crippen molar-refractivity contribution in [1.82, 2.24) is 4.90 Å². The van der Waals surface area contributed by atoms with Crippen LogP contribution in [0.1, 0.15) is 32.1 Å². The number of rotatable bonds is 5. The summed E-state index contributed by atoms with van der Waals surface area (Å²) in [5.74, 6) is 1.29. The first kappa shape index (κ1) is 11.4. The van der Waals surface area contributed by atoms with Crippen LogP contribution in [0.5, 0.6) is 0 Å². The van der Waals surface area contributed by atoms with Gasteiger partial charge in [-0.15, -0.1) is 0 Å². The molecule has 1 amide bonds. The third-order valence-corrected chi connectivity index (χ3v) is 3.85. The molecule has 2 rings (SSSR count). The fourth-order valence-electron chi connectivity index (χ4n) is 2.81. The molecule has 2 saturated carbocycles. The Balaban J connectivity index is 1.69. The predicted octanol–water partition coefficient (Wildman–Crippen LogP) is 1.36. The second-order valence-corrected chi connectivity index (χ2v) is 5.18. The second kappa shape index (κ2) is 4.44. The molecule has 0 spiro atoms. The first-order valence-electron chi connectivity index (χ1n) is 6.04. The highest BCUT2D eigenvalue weighted by molar-refractivity contribution is 5.79. The van der Waals surface area contributed by atoms with Gasteiger partial charge in [0, 0.05) is 25.9 Å². The summed E-state index contributed by atoms with van der Waals surface area (Å²) in [6.07, 6.45) is 4.15. The van der Waals surface area contributed by atoms with Crippen molar-refractivity contribution < 1.29 is 14.7 Å². The minimum Gasteiger partial charge on any atom is -0.481 e. The van der Waals surface area contributed by atoms with Gasteiger partial charge >= 0.3 is 5.97 Å². The van der Waals surface area contributed by atoms with E-state index in [1.54, 1.807) is 11.9 Å². The van der Waals surface area contributed by atoms with E-state index in [0.29, 0.717) is 13.0 Å². The maximum atomic E-state index is 12.0.